The molecule has 2 nitrogen and oxygen atoms in total. The van der Waals surface area contributed by atoms with Crippen molar-refractivity contribution in [2.45, 2.75) is 51.1 Å². The third kappa shape index (κ3) is 2.05. The zero-order chi connectivity index (χ0) is 9.26. The van der Waals surface area contributed by atoms with Crippen LogP contribution < -0.4 is 0 Å². The van der Waals surface area contributed by atoms with Crippen molar-refractivity contribution in [2.24, 2.45) is 5.92 Å². The number of hydrogen-bond acceptors (Lipinski definition) is 2. The first-order valence-electron chi connectivity index (χ1n) is 5.69. The van der Waals surface area contributed by atoms with Gasteiger partial charge in [0.15, 0.2) is 0 Å². The highest BCUT2D eigenvalue weighted by molar-refractivity contribution is 4.96. The summed E-state index contributed by atoms with van der Waals surface area (Å²) in [6.45, 7) is 4.01. The summed E-state index contributed by atoms with van der Waals surface area (Å²) in [6.07, 6.45) is 6.75. The molecule has 1 saturated heterocycles. The maximum atomic E-state index is 9.04. The van der Waals surface area contributed by atoms with E-state index < -0.39 is 0 Å². The average molecular weight is 183 g/mol. The maximum Gasteiger partial charge on any atom is 0.0474 e. The Labute approximate surface area is 80.9 Å². The van der Waals surface area contributed by atoms with Crippen molar-refractivity contribution in [1.29, 1.82) is 0 Å². The van der Waals surface area contributed by atoms with Crippen molar-refractivity contribution >= 4 is 0 Å². The highest BCUT2D eigenvalue weighted by atomic mass is 16.3. The number of hydrogen-bond donors (Lipinski definition) is 1. The molecule has 0 aromatic rings. The fourth-order valence-electron chi connectivity index (χ4n) is 2.62. The summed E-state index contributed by atoms with van der Waals surface area (Å²) in [7, 11) is 0. The van der Waals surface area contributed by atoms with Gasteiger partial charge in [-0.2, -0.15) is 0 Å². The molecule has 0 spiro atoms. The molecule has 1 heterocycles. The van der Waals surface area contributed by atoms with Crippen LogP contribution in [0.1, 0.15) is 39.0 Å². The molecule has 0 aromatic carbocycles. The summed E-state index contributed by atoms with van der Waals surface area (Å²) in [5.74, 6) is 0.598. The summed E-state index contributed by atoms with van der Waals surface area (Å²) in [6, 6.07) is 1.47. The van der Waals surface area contributed by atoms with E-state index in [0.29, 0.717) is 12.5 Å². The van der Waals surface area contributed by atoms with Crippen molar-refractivity contribution in [1.82, 2.24) is 4.90 Å². The van der Waals surface area contributed by atoms with Crippen LogP contribution in [0.2, 0.25) is 0 Å². The summed E-state index contributed by atoms with van der Waals surface area (Å²) in [5.41, 5.74) is 0. The third-order valence-corrected chi connectivity index (χ3v) is 3.65. The fraction of sp³-hybridized carbons (Fsp3) is 1.00. The van der Waals surface area contributed by atoms with Crippen molar-refractivity contribution < 1.29 is 5.11 Å². The van der Waals surface area contributed by atoms with Crippen LogP contribution in [0.4, 0.5) is 0 Å². The van der Waals surface area contributed by atoms with Crippen LogP contribution in [0.15, 0.2) is 0 Å². The van der Waals surface area contributed by atoms with E-state index in [1.165, 1.54) is 38.6 Å². The predicted octanol–water partition coefficient (Wildman–Crippen LogP) is 1.63. The molecule has 1 saturated carbocycles. The van der Waals surface area contributed by atoms with Gasteiger partial charge in [0.2, 0.25) is 0 Å². The average Bonchev–Trinajstić information content (AvgIpc) is 2.88. The number of likely N-dealkylation sites (tertiary alicyclic amines) is 1. The van der Waals surface area contributed by atoms with Gasteiger partial charge in [0, 0.05) is 18.7 Å². The molecule has 2 rings (SSSR count). The van der Waals surface area contributed by atoms with Gasteiger partial charge in [-0.05, 0) is 38.6 Å². The minimum Gasteiger partial charge on any atom is -0.396 e. The van der Waals surface area contributed by atoms with Crippen LogP contribution in [0, 0.1) is 5.92 Å². The first-order valence-corrected chi connectivity index (χ1v) is 5.69. The van der Waals surface area contributed by atoms with E-state index in [1.807, 2.05) is 0 Å². The topological polar surface area (TPSA) is 23.5 Å². The molecule has 0 aromatic heterocycles. The Balaban J connectivity index is 1.89. The van der Waals surface area contributed by atoms with E-state index in [0.717, 1.165) is 12.1 Å². The lowest BCUT2D eigenvalue weighted by Gasteiger charge is -2.27. The lowest BCUT2D eigenvalue weighted by atomic mass is 10.1. The molecule has 3 unspecified atom stereocenters. The lowest BCUT2D eigenvalue weighted by Crippen LogP contribution is -2.35. The summed E-state index contributed by atoms with van der Waals surface area (Å²) in [5, 5.41) is 9.04. The van der Waals surface area contributed by atoms with E-state index in [2.05, 4.69) is 11.8 Å². The smallest absolute Gasteiger partial charge is 0.0474 e. The minimum absolute atomic E-state index is 0.397. The molecular weight excluding hydrogens is 162 g/mol. The monoisotopic (exact) mass is 183 g/mol. The Morgan fingerprint density at radius 1 is 1.31 bits per heavy atom. The zero-order valence-corrected chi connectivity index (χ0v) is 8.58. The second-order valence-corrected chi connectivity index (χ2v) is 4.68. The minimum atomic E-state index is 0.397. The SMILES string of the molecule is CC1CCCCCN1C1CC1CO. The Hall–Kier alpha value is -0.0800. The first-order chi connectivity index (χ1) is 6.33. The standard InChI is InChI=1S/C11H21NO/c1-9-5-3-2-4-6-12(9)11-7-10(11)8-13/h9-11,13H,2-8H2,1H3. The van der Waals surface area contributed by atoms with E-state index in [-0.39, 0.29) is 0 Å². The second kappa shape index (κ2) is 3.97. The van der Waals surface area contributed by atoms with Crippen molar-refractivity contribution in [3.63, 3.8) is 0 Å². The van der Waals surface area contributed by atoms with Crippen LogP contribution in [-0.2, 0) is 0 Å². The first kappa shape index (κ1) is 9.47. The van der Waals surface area contributed by atoms with E-state index in [1.54, 1.807) is 0 Å². The van der Waals surface area contributed by atoms with Crippen LogP contribution >= 0.6 is 0 Å². The van der Waals surface area contributed by atoms with Crippen LogP contribution in [0.5, 0.6) is 0 Å². The largest absolute Gasteiger partial charge is 0.396 e. The molecule has 0 bridgehead atoms. The fourth-order valence-corrected chi connectivity index (χ4v) is 2.62. The second-order valence-electron chi connectivity index (χ2n) is 4.68. The lowest BCUT2D eigenvalue weighted by molar-refractivity contribution is 0.176. The normalized spacial score (nSPS) is 41.5. The molecular formula is C11H21NO. The Morgan fingerprint density at radius 2 is 2.15 bits per heavy atom. The van der Waals surface area contributed by atoms with Crippen LogP contribution in [0.3, 0.4) is 0 Å². The molecule has 76 valence electrons. The summed E-state index contributed by atoms with van der Waals surface area (Å²) in [4.78, 5) is 2.63. The molecule has 2 aliphatic rings. The van der Waals surface area contributed by atoms with E-state index in [9.17, 15) is 0 Å². The van der Waals surface area contributed by atoms with Gasteiger partial charge in [0.25, 0.3) is 0 Å². The number of rotatable bonds is 2. The molecule has 0 amide bonds. The maximum absolute atomic E-state index is 9.04. The highest BCUT2D eigenvalue weighted by Crippen LogP contribution is 2.38. The van der Waals surface area contributed by atoms with Gasteiger partial charge in [0.1, 0.15) is 0 Å². The molecule has 2 heteroatoms. The van der Waals surface area contributed by atoms with E-state index in [4.69, 9.17) is 5.11 Å². The van der Waals surface area contributed by atoms with Gasteiger partial charge in [-0.1, -0.05) is 12.8 Å². The van der Waals surface area contributed by atoms with Gasteiger partial charge in [-0.15, -0.1) is 0 Å². The van der Waals surface area contributed by atoms with Crippen molar-refractivity contribution in [3.8, 4) is 0 Å². The number of aliphatic hydroxyl groups excluding tert-OH is 1. The van der Waals surface area contributed by atoms with E-state index >= 15 is 0 Å². The Morgan fingerprint density at radius 3 is 2.85 bits per heavy atom. The van der Waals surface area contributed by atoms with Gasteiger partial charge in [0.05, 0.1) is 0 Å². The summed E-state index contributed by atoms with van der Waals surface area (Å²) >= 11 is 0. The van der Waals surface area contributed by atoms with Crippen LogP contribution in [-0.4, -0.2) is 35.2 Å². The molecule has 0 radical (unpaired) electrons. The van der Waals surface area contributed by atoms with Crippen molar-refractivity contribution in [2.75, 3.05) is 13.2 Å². The Kier molecular flexibility index (Phi) is 2.89. The Bertz CT molecular complexity index is 171. The van der Waals surface area contributed by atoms with Crippen molar-refractivity contribution in [3.05, 3.63) is 0 Å². The highest BCUT2D eigenvalue weighted by Gasteiger charge is 2.42. The van der Waals surface area contributed by atoms with Gasteiger partial charge in [-0.25, -0.2) is 0 Å². The molecule has 1 aliphatic heterocycles. The number of aliphatic hydroxyl groups is 1. The predicted molar refractivity (Wildman–Crippen MR) is 53.6 cm³/mol. The van der Waals surface area contributed by atoms with Crippen LogP contribution in [0.25, 0.3) is 0 Å². The molecule has 1 N–H and O–H groups in total. The van der Waals surface area contributed by atoms with Gasteiger partial charge in [-0.3, -0.25) is 4.90 Å². The molecule has 1 aliphatic carbocycles. The molecule has 2 fully saturated rings. The quantitative estimate of drug-likeness (QED) is 0.703. The zero-order valence-electron chi connectivity index (χ0n) is 8.58. The van der Waals surface area contributed by atoms with Gasteiger partial charge < -0.3 is 5.11 Å². The van der Waals surface area contributed by atoms with Gasteiger partial charge >= 0.3 is 0 Å². The molecule has 3 atom stereocenters. The molecule has 13 heavy (non-hydrogen) atoms. The summed E-state index contributed by atoms with van der Waals surface area (Å²) < 4.78 is 0. The number of nitrogens with zero attached hydrogens (tertiary/aromatic N) is 1. The third-order valence-electron chi connectivity index (χ3n) is 3.65.